The monoisotopic (exact) mass is 279 g/mol. The van der Waals surface area contributed by atoms with E-state index in [0.29, 0.717) is 11.6 Å². The minimum atomic E-state index is -0.277. The molecule has 1 heterocycles. The van der Waals surface area contributed by atoms with Gasteiger partial charge in [-0.15, -0.1) is 0 Å². The lowest BCUT2D eigenvalue weighted by Crippen LogP contribution is -2.21. The molecule has 0 saturated heterocycles. The van der Waals surface area contributed by atoms with Crippen LogP contribution in [-0.4, -0.2) is 17.1 Å². The van der Waals surface area contributed by atoms with Gasteiger partial charge in [-0.25, -0.2) is 4.79 Å². The standard InChI is InChI=1S/C15H18ClNO2/c1-3-6-14(15(18)19-4-2)17-10-9-11-12(16)7-5-8-13(11)17/h5,7-10,14H,3-4,6H2,1-2H3. The summed E-state index contributed by atoms with van der Waals surface area (Å²) in [7, 11) is 0. The summed E-state index contributed by atoms with van der Waals surface area (Å²) < 4.78 is 7.13. The molecule has 19 heavy (non-hydrogen) atoms. The molecule has 0 saturated carbocycles. The predicted molar refractivity (Wildman–Crippen MR) is 77.5 cm³/mol. The highest BCUT2D eigenvalue weighted by molar-refractivity contribution is 6.35. The summed E-state index contributed by atoms with van der Waals surface area (Å²) in [5.74, 6) is -0.179. The maximum Gasteiger partial charge on any atom is 0.329 e. The Morgan fingerprint density at radius 3 is 2.84 bits per heavy atom. The van der Waals surface area contributed by atoms with Crippen molar-refractivity contribution in [1.82, 2.24) is 4.57 Å². The highest BCUT2D eigenvalue weighted by Crippen LogP contribution is 2.28. The van der Waals surface area contributed by atoms with Crippen LogP contribution in [0.4, 0.5) is 0 Å². The Bertz CT molecular complexity index is 577. The second-order valence-corrected chi connectivity index (χ2v) is 4.86. The second kappa shape index (κ2) is 6.11. The third-order valence-electron chi connectivity index (χ3n) is 3.17. The third kappa shape index (κ3) is 2.76. The highest BCUT2D eigenvalue weighted by Gasteiger charge is 2.22. The van der Waals surface area contributed by atoms with E-state index in [1.807, 2.05) is 42.0 Å². The minimum absolute atomic E-state index is 0.179. The summed E-state index contributed by atoms with van der Waals surface area (Å²) in [6.45, 7) is 4.29. The SMILES string of the molecule is CCCC(C(=O)OCC)n1ccc2c(Cl)cccc21. The van der Waals surface area contributed by atoms with E-state index in [9.17, 15) is 4.79 Å². The van der Waals surface area contributed by atoms with Crippen molar-refractivity contribution in [3.8, 4) is 0 Å². The van der Waals surface area contributed by atoms with E-state index < -0.39 is 0 Å². The Kier molecular flexibility index (Phi) is 4.48. The largest absolute Gasteiger partial charge is 0.464 e. The van der Waals surface area contributed by atoms with Crippen molar-refractivity contribution < 1.29 is 9.53 Å². The van der Waals surface area contributed by atoms with Crippen LogP contribution < -0.4 is 0 Å². The van der Waals surface area contributed by atoms with Crippen molar-refractivity contribution in [3.05, 3.63) is 35.5 Å². The number of hydrogen-bond donors (Lipinski definition) is 0. The number of esters is 1. The van der Waals surface area contributed by atoms with Crippen molar-refractivity contribution in [2.24, 2.45) is 0 Å². The first kappa shape index (κ1) is 13.9. The number of fused-ring (bicyclic) bond motifs is 1. The summed E-state index contributed by atoms with van der Waals surface area (Å²) in [5, 5.41) is 1.67. The molecule has 1 aromatic heterocycles. The first-order valence-corrected chi connectivity index (χ1v) is 6.98. The lowest BCUT2D eigenvalue weighted by atomic mass is 10.1. The molecule has 1 unspecified atom stereocenters. The van der Waals surface area contributed by atoms with Gasteiger partial charge in [-0.1, -0.05) is 31.0 Å². The molecule has 0 amide bonds. The molecule has 1 atom stereocenters. The molecule has 4 heteroatoms. The van der Waals surface area contributed by atoms with Crippen LogP contribution >= 0.6 is 11.6 Å². The fraction of sp³-hybridized carbons (Fsp3) is 0.400. The number of benzene rings is 1. The van der Waals surface area contributed by atoms with E-state index in [1.54, 1.807) is 0 Å². The average Bonchev–Trinajstić information content (AvgIpc) is 2.81. The zero-order valence-electron chi connectivity index (χ0n) is 11.2. The van der Waals surface area contributed by atoms with Gasteiger partial charge < -0.3 is 9.30 Å². The smallest absolute Gasteiger partial charge is 0.329 e. The molecule has 0 radical (unpaired) electrons. The van der Waals surface area contributed by atoms with E-state index >= 15 is 0 Å². The van der Waals surface area contributed by atoms with Crippen LogP contribution in [0.2, 0.25) is 5.02 Å². The topological polar surface area (TPSA) is 31.2 Å². The summed E-state index contributed by atoms with van der Waals surface area (Å²) >= 11 is 6.16. The molecule has 2 rings (SSSR count). The molecule has 1 aromatic carbocycles. The van der Waals surface area contributed by atoms with Gasteiger partial charge in [-0.3, -0.25) is 0 Å². The van der Waals surface area contributed by atoms with E-state index in [1.165, 1.54) is 0 Å². The lowest BCUT2D eigenvalue weighted by molar-refractivity contribution is -0.147. The molecule has 102 valence electrons. The van der Waals surface area contributed by atoms with Crippen LogP contribution in [0.15, 0.2) is 30.5 Å². The molecule has 0 aliphatic rings. The van der Waals surface area contributed by atoms with Crippen LogP contribution in [0.25, 0.3) is 10.9 Å². The van der Waals surface area contributed by atoms with Crippen molar-refractivity contribution in [2.45, 2.75) is 32.7 Å². The fourth-order valence-corrected chi connectivity index (χ4v) is 2.54. The van der Waals surface area contributed by atoms with Crippen LogP contribution in [0, 0.1) is 0 Å². The molecule has 0 N–H and O–H groups in total. The molecule has 0 bridgehead atoms. The molecule has 3 nitrogen and oxygen atoms in total. The summed E-state index contributed by atoms with van der Waals surface area (Å²) in [6, 6.07) is 7.40. The van der Waals surface area contributed by atoms with Gasteiger partial charge in [-0.2, -0.15) is 0 Å². The zero-order valence-corrected chi connectivity index (χ0v) is 12.0. The van der Waals surface area contributed by atoms with Gasteiger partial charge in [-0.05, 0) is 31.5 Å². The number of carbonyl (C=O) groups excluding carboxylic acids is 1. The average molecular weight is 280 g/mol. The molecule has 0 spiro atoms. The summed E-state index contributed by atoms with van der Waals surface area (Å²) in [5.41, 5.74) is 0.971. The Morgan fingerprint density at radius 2 is 2.16 bits per heavy atom. The zero-order chi connectivity index (χ0) is 13.8. The van der Waals surface area contributed by atoms with Crippen LogP contribution in [0.5, 0.6) is 0 Å². The van der Waals surface area contributed by atoms with E-state index in [-0.39, 0.29) is 12.0 Å². The predicted octanol–water partition coefficient (Wildman–Crippen LogP) is 4.20. The third-order valence-corrected chi connectivity index (χ3v) is 3.50. The maximum absolute atomic E-state index is 12.1. The highest BCUT2D eigenvalue weighted by atomic mass is 35.5. The number of ether oxygens (including phenoxy) is 1. The van der Waals surface area contributed by atoms with Gasteiger partial charge in [0.2, 0.25) is 0 Å². The van der Waals surface area contributed by atoms with Gasteiger partial charge in [0.05, 0.1) is 12.1 Å². The van der Waals surface area contributed by atoms with E-state index in [4.69, 9.17) is 16.3 Å². The number of halogens is 1. The first-order valence-electron chi connectivity index (χ1n) is 6.60. The number of aromatic nitrogens is 1. The van der Waals surface area contributed by atoms with E-state index in [0.717, 1.165) is 23.7 Å². The van der Waals surface area contributed by atoms with Crippen molar-refractivity contribution in [1.29, 1.82) is 0 Å². The van der Waals surface area contributed by atoms with E-state index in [2.05, 4.69) is 6.92 Å². The molecule has 2 aromatic rings. The number of hydrogen-bond acceptors (Lipinski definition) is 2. The van der Waals surface area contributed by atoms with Crippen molar-refractivity contribution >= 4 is 28.5 Å². The molecule has 0 aliphatic carbocycles. The molecule has 0 fully saturated rings. The Morgan fingerprint density at radius 1 is 1.37 bits per heavy atom. The van der Waals surface area contributed by atoms with Gasteiger partial charge in [0.25, 0.3) is 0 Å². The van der Waals surface area contributed by atoms with Crippen LogP contribution in [-0.2, 0) is 9.53 Å². The molecule has 0 aliphatic heterocycles. The van der Waals surface area contributed by atoms with Crippen molar-refractivity contribution in [2.75, 3.05) is 6.61 Å². The molecular weight excluding hydrogens is 262 g/mol. The van der Waals surface area contributed by atoms with Gasteiger partial charge >= 0.3 is 5.97 Å². The Hall–Kier alpha value is -1.48. The second-order valence-electron chi connectivity index (χ2n) is 4.45. The van der Waals surface area contributed by atoms with Gasteiger partial charge in [0.15, 0.2) is 0 Å². The maximum atomic E-state index is 12.1. The lowest BCUT2D eigenvalue weighted by Gasteiger charge is -2.18. The summed E-state index contributed by atoms with van der Waals surface area (Å²) in [6.07, 6.45) is 3.59. The Labute approximate surface area is 118 Å². The number of rotatable bonds is 5. The van der Waals surface area contributed by atoms with Crippen LogP contribution in [0.3, 0.4) is 0 Å². The number of nitrogens with zero attached hydrogens (tertiary/aromatic N) is 1. The minimum Gasteiger partial charge on any atom is -0.464 e. The normalized spacial score (nSPS) is 12.6. The van der Waals surface area contributed by atoms with Crippen LogP contribution in [0.1, 0.15) is 32.7 Å². The number of carbonyl (C=O) groups is 1. The quantitative estimate of drug-likeness (QED) is 0.768. The first-order chi connectivity index (χ1) is 9.19. The Balaban J connectivity index is 2.44. The fourth-order valence-electron chi connectivity index (χ4n) is 2.31. The van der Waals surface area contributed by atoms with Gasteiger partial charge in [0, 0.05) is 16.6 Å². The van der Waals surface area contributed by atoms with Crippen molar-refractivity contribution in [3.63, 3.8) is 0 Å². The van der Waals surface area contributed by atoms with Gasteiger partial charge in [0.1, 0.15) is 6.04 Å². The molecular formula is C15H18ClNO2. The summed E-state index contributed by atoms with van der Waals surface area (Å²) in [4.78, 5) is 12.1.